The molecule has 0 heterocycles. The van der Waals surface area contributed by atoms with Crippen molar-refractivity contribution in [2.24, 2.45) is 0 Å². The molecule has 88 valence electrons. The zero-order valence-corrected chi connectivity index (χ0v) is 8.21. The predicted molar refractivity (Wildman–Crippen MR) is 52.3 cm³/mol. The van der Waals surface area contributed by atoms with Crippen molar-refractivity contribution in [2.45, 2.75) is 12.6 Å². The lowest BCUT2D eigenvalue weighted by atomic mass is 10.1. The highest BCUT2D eigenvalue weighted by molar-refractivity contribution is 5.70. The van der Waals surface area contributed by atoms with Crippen LogP contribution in [0.4, 0.5) is 18.9 Å². The minimum Gasteiger partial charge on any atom is -0.481 e. The fraction of sp³-hybridized carbons (Fsp3) is 0.300. The first-order valence-electron chi connectivity index (χ1n) is 4.48. The Balaban J connectivity index is 2.55. The van der Waals surface area contributed by atoms with Gasteiger partial charge in [0, 0.05) is 5.69 Å². The van der Waals surface area contributed by atoms with Gasteiger partial charge in [0.25, 0.3) is 0 Å². The summed E-state index contributed by atoms with van der Waals surface area (Å²) in [6, 6.07) is 5.80. The molecule has 16 heavy (non-hydrogen) atoms. The lowest BCUT2D eigenvalue weighted by molar-refractivity contribution is -0.136. The Morgan fingerprint density at radius 3 is 2.25 bits per heavy atom. The molecule has 0 aliphatic rings. The molecule has 0 bridgehead atoms. The normalized spacial score (nSPS) is 11.2. The van der Waals surface area contributed by atoms with Crippen LogP contribution in [0, 0.1) is 0 Å². The van der Waals surface area contributed by atoms with E-state index in [0.717, 1.165) is 0 Å². The van der Waals surface area contributed by atoms with Crippen LogP contribution >= 0.6 is 0 Å². The summed E-state index contributed by atoms with van der Waals surface area (Å²) >= 11 is 0. The molecule has 0 aromatic heterocycles. The van der Waals surface area contributed by atoms with E-state index in [9.17, 15) is 18.0 Å². The Kier molecular flexibility index (Phi) is 3.76. The van der Waals surface area contributed by atoms with Crippen molar-refractivity contribution >= 4 is 11.7 Å². The van der Waals surface area contributed by atoms with Crippen LogP contribution in [0.3, 0.4) is 0 Å². The molecule has 1 aromatic carbocycles. The second-order valence-electron chi connectivity index (χ2n) is 3.24. The monoisotopic (exact) mass is 233 g/mol. The summed E-state index contributed by atoms with van der Waals surface area (Å²) in [5, 5.41) is 10.7. The number of carbonyl (C=O) groups is 1. The molecule has 0 aliphatic carbocycles. The standard InChI is InChI=1S/C10H10F3NO2/c11-10(12,13)6-14-8-3-1-7(2-4-8)5-9(15)16/h1-4,14H,5-6H2,(H,15,16). The first-order valence-corrected chi connectivity index (χ1v) is 4.48. The van der Waals surface area contributed by atoms with Crippen molar-refractivity contribution in [1.29, 1.82) is 0 Å². The number of carboxylic acids is 1. The van der Waals surface area contributed by atoms with Crippen molar-refractivity contribution in [3.8, 4) is 0 Å². The maximum Gasteiger partial charge on any atom is 0.405 e. The summed E-state index contributed by atoms with van der Waals surface area (Å²) in [7, 11) is 0. The van der Waals surface area contributed by atoms with Crippen molar-refractivity contribution in [3.05, 3.63) is 29.8 Å². The van der Waals surface area contributed by atoms with Crippen LogP contribution in [-0.4, -0.2) is 23.8 Å². The molecule has 0 saturated heterocycles. The Labute approximate surface area is 89.9 Å². The number of carboxylic acid groups (broad SMARTS) is 1. The van der Waals surface area contributed by atoms with Gasteiger partial charge in [0.1, 0.15) is 6.54 Å². The Bertz CT molecular complexity index is 359. The number of hydrogen-bond donors (Lipinski definition) is 2. The van der Waals surface area contributed by atoms with Gasteiger partial charge in [-0.25, -0.2) is 0 Å². The summed E-state index contributed by atoms with van der Waals surface area (Å²) in [5.41, 5.74) is 0.858. The number of nitrogens with one attached hydrogen (secondary N) is 1. The van der Waals surface area contributed by atoms with Crippen LogP contribution < -0.4 is 5.32 Å². The van der Waals surface area contributed by atoms with Gasteiger partial charge in [-0.1, -0.05) is 12.1 Å². The average molecular weight is 233 g/mol. The Hall–Kier alpha value is -1.72. The molecule has 6 heteroatoms. The van der Waals surface area contributed by atoms with E-state index < -0.39 is 18.7 Å². The van der Waals surface area contributed by atoms with Crippen LogP contribution in [0.5, 0.6) is 0 Å². The van der Waals surface area contributed by atoms with E-state index in [-0.39, 0.29) is 6.42 Å². The van der Waals surface area contributed by atoms with E-state index in [4.69, 9.17) is 5.11 Å². The second-order valence-corrected chi connectivity index (χ2v) is 3.24. The molecule has 0 fully saturated rings. The molecular weight excluding hydrogens is 223 g/mol. The second kappa shape index (κ2) is 4.87. The highest BCUT2D eigenvalue weighted by atomic mass is 19.4. The van der Waals surface area contributed by atoms with E-state index in [1.165, 1.54) is 24.3 Å². The Morgan fingerprint density at radius 2 is 1.81 bits per heavy atom. The van der Waals surface area contributed by atoms with Crippen molar-refractivity contribution in [1.82, 2.24) is 0 Å². The maximum absolute atomic E-state index is 11.9. The smallest absolute Gasteiger partial charge is 0.405 e. The Morgan fingerprint density at radius 1 is 1.25 bits per heavy atom. The first-order chi connectivity index (χ1) is 7.37. The van der Waals surface area contributed by atoms with Gasteiger partial charge >= 0.3 is 12.1 Å². The van der Waals surface area contributed by atoms with Crippen molar-refractivity contribution < 1.29 is 23.1 Å². The third kappa shape index (κ3) is 4.68. The van der Waals surface area contributed by atoms with Gasteiger partial charge in [0.2, 0.25) is 0 Å². The highest BCUT2D eigenvalue weighted by Gasteiger charge is 2.26. The number of anilines is 1. The van der Waals surface area contributed by atoms with Gasteiger partial charge in [-0.15, -0.1) is 0 Å². The largest absolute Gasteiger partial charge is 0.481 e. The molecule has 3 nitrogen and oxygen atoms in total. The average Bonchev–Trinajstić information content (AvgIpc) is 2.14. The number of hydrogen-bond acceptors (Lipinski definition) is 2. The molecule has 1 aromatic rings. The van der Waals surface area contributed by atoms with Crippen molar-refractivity contribution in [2.75, 3.05) is 11.9 Å². The summed E-state index contributed by atoms with van der Waals surface area (Å²) in [6.45, 7) is -1.11. The predicted octanol–water partition coefficient (Wildman–Crippen LogP) is 2.29. The zero-order valence-electron chi connectivity index (χ0n) is 8.21. The van der Waals surface area contributed by atoms with E-state index in [0.29, 0.717) is 11.3 Å². The molecule has 0 saturated carbocycles. The SMILES string of the molecule is O=C(O)Cc1ccc(NCC(F)(F)F)cc1. The van der Waals surface area contributed by atoms with Crippen LogP contribution in [0.2, 0.25) is 0 Å². The van der Waals surface area contributed by atoms with E-state index in [1.807, 2.05) is 0 Å². The van der Waals surface area contributed by atoms with Gasteiger partial charge in [-0.2, -0.15) is 13.2 Å². The summed E-state index contributed by atoms with van der Waals surface area (Å²) in [4.78, 5) is 10.3. The van der Waals surface area contributed by atoms with Gasteiger partial charge in [-0.3, -0.25) is 4.79 Å². The third-order valence-corrected chi connectivity index (χ3v) is 1.80. The summed E-state index contributed by atoms with van der Waals surface area (Å²) < 4.78 is 35.6. The van der Waals surface area contributed by atoms with E-state index >= 15 is 0 Å². The molecule has 1 rings (SSSR count). The maximum atomic E-state index is 11.9. The van der Waals surface area contributed by atoms with Gasteiger partial charge in [-0.05, 0) is 17.7 Å². The molecular formula is C10H10F3NO2. The molecule has 0 aliphatic heterocycles. The zero-order chi connectivity index (χ0) is 12.2. The van der Waals surface area contributed by atoms with Crippen molar-refractivity contribution in [3.63, 3.8) is 0 Å². The number of alkyl halides is 3. The highest BCUT2D eigenvalue weighted by Crippen LogP contribution is 2.16. The number of rotatable bonds is 4. The fourth-order valence-electron chi connectivity index (χ4n) is 1.12. The summed E-state index contributed by atoms with van der Waals surface area (Å²) in [5.74, 6) is -0.976. The number of benzene rings is 1. The topological polar surface area (TPSA) is 49.3 Å². The number of halogens is 3. The van der Waals surface area contributed by atoms with Crippen LogP contribution in [0.1, 0.15) is 5.56 Å². The van der Waals surface area contributed by atoms with Crippen LogP contribution in [-0.2, 0) is 11.2 Å². The molecule has 0 amide bonds. The fourth-order valence-corrected chi connectivity index (χ4v) is 1.12. The molecule has 0 spiro atoms. The van der Waals surface area contributed by atoms with E-state index in [1.54, 1.807) is 0 Å². The lowest BCUT2D eigenvalue weighted by Crippen LogP contribution is -2.21. The minimum absolute atomic E-state index is 0.139. The van der Waals surface area contributed by atoms with Crippen LogP contribution in [0.15, 0.2) is 24.3 Å². The molecule has 0 radical (unpaired) electrons. The van der Waals surface area contributed by atoms with Gasteiger partial charge in [0.05, 0.1) is 6.42 Å². The summed E-state index contributed by atoms with van der Waals surface area (Å²) in [6.07, 6.45) is -4.40. The first kappa shape index (κ1) is 12.4. The van der Waals surface area contributed by atoms with Crippen LogP contribution in [0.25, 0.3) is 0 Å². The van der Waals surface area contributed by atoms with Gasteiger partial charge < -0.3 is 10.4 Å². The van der Waals surface area contributed by atoms with E-state index in [2.05, 4.69) is 5.32 Å². The third-order valence-electron chi connectivity index (χ3n) is 1.80. The lowest BCUT2D eigenvalue weighted by Gasteiger charge is -2.09. The van der Waals surface area contributed by atoms with Gasteiger partial charge in [0.15, 0.2) is 0 Å². The number of aliphatic carboxylic acids is 1. The quantitative estimate of drug-likeness (QED) is 0.838. The molecule has 0 unspecified atom stereocenters. The minimum atomic E-state index is -4.26. The molecule has 2 N–H and O–H groups in total. The molecule has 0 atom stereocenters.